The van der Waals surface area contributed by atoms with E-state index in [9.17, 15) is 18.4 Å². The van der Waals surface area contributed by atoms with Crippen molar-refractivity contribution in [2.24, 2.45) is 11.7 Å². The van der Waals surface area contributed by atoms with Crippen LogP contribution in [0, 0.1) is 12.8 Å². The molecule has 25 heavy (non-hydrogen) atoms. The van der Waals surface area contributed by atoms with Gasteiger partial charge in [0.2, 0.25) is 0 Å². The first-order valence-electron chi connectivity index (χ1n) is 8.36. The maximum absolute atomic E-state index is 13.4. The number of fused-ring (bicyclic) bond motifs is 1. The van der Waals surface area contributed by atoms with Gasteiger partial charge in [-0.05, 0) is 19.4 Å². The zero-order valence-electron chi connectivity index (χ0n) is 14.3. The molecule has 1 aliphatic rings. The average Bonchev–Trinajstić information content (AvgIpc) is 3.02. The van der Waals surface area contributed by atoms with Gasteiger partial charge in [-0.25, -0.2) is 13.6 Å². The molecule has 3 rings (SSSR count). The summed E-state index contributed by atoms with van der Waals surface area (Å²) in [7, 11) is 0. The van der Waals surface area contributed by atoms with E-state index in [1.807, 2.05) is 6.92 Å². The summed E-state index contributed by atoms with van der Waals surface area (Å²) in [6.45, 7) is 5.35. The standard InChI is InChI=1S/C16H22F2N4O2S/c1-3-21-13(23)12-9(2)11(7-20-5-4-19)25-14(12)22(15(21)24)8-10-6-16(10,17)18/h10,20H,3-8,19H2,1-2H3. The molecule has 1 fully saturated rings. The molecule has 3 N–H and O–H groups in total. The van der Waals surface area contributed by atoms with Gasteiger partial charge in [0.1, 0.15) is 4.83 Å². The van der Waals surface area contributed by atoms with E-state index in [0.717, 1.165) is 15.0 Å². The van der Waals surface area contributed by atoms with Crippen LogP contribution in [0.5, 0.6) is 0 Å². The molecule has 0 aromatic carbocycles. The monoisotopic (exact) mass is 372 g/mol. The summed E-state index contributed by atoms with van der Waals surface area (Å²) in [6.07, 6.45) is -0.207. The summed E-state index contributed by atoms with van der Waals surface area (Å²) in [5, 5.41) is 3.63. The van der Waals surface area contributed by atoms with Crippen LogP contribution in [0.25, 0.3) is 10.2 Å². The Bertz CT molecular complexity index is 915. The molecule has 6 nitrogen and oxygen atoms in total. The number of alkyl halides is 2. The van der Waals surface area contributed by atoms with Crippen LogP contribution in [0.1, 0.15) is 23.8 Å². The van der Waals surface area contributed by atoms with Gasteiger partial charge in [-0.2, -0.15) is 0 Å². The van der Waals surface area contributed by atoms with Crippen LogP contribution >= 0.6 is 11.3 Å². The van der Waals surface area contributed by atoms with E-state index in [2.05, 4.69) is 5.32 Å². The van der Waals surface area contributed by atoms with Crippen LogP contribution in [0.4, 0.5) is 8.78 Å². The molecular formula is C16H22F2N4O2S. The molecule has 0 radical (unpaired) electrons. The van der Waals surface area contributed by atoms with E-state index in [-0.39, 0.29) is 25.1 Å². The molecule has 2 aromatic rings. The van der Waals surface area contributed by atoms with Gasteiger partial charge < -0.3 is 11.1 Å². The molecule has 2 heterocycles. The number of halogens is 2. The van der Waals surface area contributed by atoms with Crippen molar-refractivity contribution in [2.45, 2.75) is 45.8 Å². The molecule has 1 unspecified atom stereocenters. The van der Waals surface area contributed by atoms with Crippen molar-refractivity contribution in [1.82, 2.24) is 14.5 Å². The number of hydrogen-bond donors (Lipinski definition) is 2. The fourth-order valence-electron chi connectivity index (χ4n) is 3.04. The lowest BCUT2D eigenvalue weighted by atomic mass is 10.2. The summed E-state index contributed by atoms with van der Waals surface area (Å²) < 4.78 is 29.2. The topological polar surface area (TPSA) is 82.0 Å². The first kappa shape index (κ1) is 18.2. The zero-order valence-corrected chi connectivity index (χ0v) is 15.1. The average molecular weight is 372 g/mol. The van der Waals surface area contributed by atoms with E-state index >= 15 is 0 Å². The van der Waals surface area contributed by atoms with Crippen LogP contribution in [0.2, 0.25) is 0 Å². The fraction of sp³-hybridized carbons (Fsp3) is 0.625. The van der Waals surface area contributed by atoms with E-state index in [0.29, 0.717) is 29.9 Å². The summed E-state index contributed by atoms with van der Waals surface area (Å²) in [5.74, 6) is -3.55. The number of aromatic nitrogens is 2. The van der Waals surface area contributed by atoms with Crippen molar-refractivity contribution in [3.8, 4) is 0 Å². The Balaban J connectivity index is 2.14. The summed E-state index contributed by atoms with van der Waals surface area (Å²) in [6, 6.07) is 0. The minimum absolute atomic E-state index is 0.0573. The van der Waals surface area contributed by atoms with Gasteiger partial charge in [-0.1, -0.05) is 0 Å². The molecule has 1 saturated carbocycles. The Kier molecular flexibility index (Phi) is 4.82. The van der Waals surface area contributed by atoms with Crippen LogP contribution in [0.15, 0.2) is 9.59 Å². The predicted molar refractivity (Wildman–Crippen MR) is 94.6 cm³/mol. The van der Waals surface area contributed by atoms with Crippen molar-refractivity contribution in [2.75, 3.05) is 13.1 Å². The second-order valence-electron chi connectivity index (χ2n) is 6.40. The van der Waals surface area contributed by atoms with E-state index in [1.54, 1.807) is 6.92 Å². The maximum Gasteiger partial charge on any atom is 0.332 e. The van der Waals surface area contributed by atoms with Crippen molar-refractivity contribution in [3.63, 3.8) is 0 Å². The van der Waals surface area contributed by atoms with E-state index < -0.39 is 17.5 Å². The number of nitrogens with one attached hydrogen (secondary N) is 1. The highest BCUT2D eigenvalue weighted by atomic mass is 32.1. The Labute approximate surface area is 147 Å². The normalized spacial score (nSPS) is 18.8. The van der Waals surface area contributed by atoms with Gasteiger partial charge >= 0.3 is 5.69 Å². The summed E-state index contributed by atoms with van der Waals surface area (Å²) in [4.78, 5) is 26.8. The molecule has 0 spiro atoms. The summed E-state index contributed by atoms with van der Waals surface area (Å²) >= 11 is 1.32. The number of thiophene rings is 1. The SMILES string of the molecule is CCn1c(=O)c2c(C)c(CNCCN)sc2n(CC2CC2(F)F)c1=O. The Hall–Kier alpha value is -1.58. The number of nitrogens with zero attached hydrogens (tertiary/aromatic N) is 2. The molecule has 0 aliphatic heterocycles. The zero-order chi connectivity index (χ0) is 18.4. The third-order valence-electron chi connectivity index (χ3n) is 4.67. The lowest BCUT2D eigenvalue weighted by Crippen LogP contribution is -2.39. The molecule has 2 aromatic heterocycles. The predicted octanol–water partition coefficient (Wildman–Crippen LogP) is 1.26. The molecular weight excluding hydrogens is 350 g/mol. The molecule has 0 bridgehead atoms. The Morgan fingerprint density at radius 1 is 1.36 bits per heavy atom. The van der Waals surface area contributed by atoms with Crippen LogP contribution in [-0.4, -0.2) is 28.1 Å². The van der Waals surface area contributed by atoms with Gasteiger partial charge in [-0.3, -0.25) is 13.9 Å². The van der Waals surface area contributed by atoms with Gasteiger partial charge in [-0.15, -0.1) is 11.3 Å². The maximum atomic E-state index is 13.4. The van der Waals surface area contributed by atoms with Gasteiger partial charge in [0, 0.05) is 49.9 Å². The molecule has 9 heteroatoms. The highest BCUT2D eigenvalue weighted by Gasteiger charge is 2.57. The summed E-state index contributed by atoms with van der Waals surface area (Å²) in [5.41, 5.74) is 5.41. The smallest absolute Gasteiger partial charge is 0.329 e. The van der Waals surface area contributed by atoms with Gasteiger partial charge in [0.25, 0.3) is 11.5 Å². The third kappa shape index (κ3) is 3.16. The van der Waals surface area contributed by atoms with Crippen molar-refractivity contribution in [3.05, 3.63) is 31.3 Å². The van der Waals surface area contributed by atoms with Crippen molar-refractivity contribution in [1.29, 1.82) is 0 Å². The molecule has 1 atom stereocenters. The van der Waals surface area contributed by atoms with Gasteiger partial charge in [0.05, 0.1) is 5.39 Å². The highest BCUT2D eigenvalue weighted by Crippen LogP contribution is 2.49. The largest absolute Gasteiger partial charge is 0.332 e. The third-order valence-corrected chi connectivity index (χ3v) is 5.99. The highest BCUT2D eigenvalue weighted by molar-refractivity contribution is 7.18. The quantitative estimate of drug-likeness (QED) is 0.717. The minimum atomic E-state index is -2.71. The first-order chi connectivity index (χ1) is 11.8. The van der Waals surface area contributed by atoms with Crippen LogP contribution in [0.3, 0.4) is 0 Å². The second-order valence-corrected chi connectivity index (χ2v) is 7.48. The molecule has 1 aliphatic carbocycles. The first-order valence-corrected chi connectivity index (χ1v) is 9.17. The second kappa shape index (κ2) is 6.62. The van der Waals surface area contributed by atoms with Crippen molar-refractivity contribution < 1.29 is 8.78 Å². The Morgan fingerprint density at radius 2 is 2.04 bits per heavy atom. The van der Waals surface area contributed by atoms with Crippen LogP contribution < -0.4 is 22.3 Å². The van der Waals surface area contributed by atoms with Crippen molar-refractivity contribution >= 4 is 21.6 Å². The van der Waals surface area contributed by atoms with Gasteiger partial charge in [0.15, 0.2) is 0 Å². The molecule has 0 amide bonds. The molecule has 138 valence electrons. The number of rotatable bonds is 7. The van der Waals surface area contributed by atoms with Crippen LogP contribution in [-0.2, 0) is 19.6 Å². The Morgan fingerprint density at radius 3 is 2.60 bits per heavy atom. The number of hydrogen-bond acceptors (Lipinski definition) is 5. The lowest BCUT2D eigenvalue weighted by molar-refractivity contribution is 0.0950. The van der Waals surface area contributed by atoms with E-state index in [1.165, 1.54) is 15.9 Å². The van der Waals surface area contributed by atoms with E-state index in [4.69, 9.17) is 5.73 Å². The molecule has 0 saturated heterocycles. The number of aryl methyl sites for hydroxylation is 1. The fourth-order valence-corrected chi connectivity index (χ4v) is 4.31. The number of nitrogens with two attached hydrogens (primary N) is 1. The minimum Gasteiger partial charge on any atom is -0.329 e. The lowest BCUT2D eigenvalue weighted by Gasteiger charge is -2.10.